The molecule has 0 saturated carbocycles. The smallest absolute Gasteiger partial charge is 0.326 e. The van der Waals surface area contributed by atoms with Gasteiger partial charge in [-0.2, -0.15) is 0 Å². The maximum absolute atomic E-state index is 13.4. The standard InChI is InChI=1S/C29H44N6O10/c1-14(2)9-19(26(41)35-22(29(44)45)10-15(3)4)33-28(43)21(13-23(31)37)34-27(42)20(11-16-5-7-17(36)8-6-16)32-25(40)18(30)12-24(38)39/h5-8,14-15,18-22,36H,9-13,30H2,1-4H3,(H2,31,37)(H,32,40)(H,33,43)(H,34,42)(H,35,41)(H,38,39)(H,44,45)/t18-,19-,20-,21-,22-/m0/s1. The number of aliphatic carboxylic acids is 2. The van der Waals surface area contributed by atoms with Gasteiger partial charge in [0.25, 0.3) is 0 Å². The highest BCUT2D eigenvalue weighted by atomic mass is 16.4. The van der Waals surface area contributed by atoms with Crippen molar-refractivity contribution in [1.82, 2.24) is 21.3 Å². The lowest BCUT2D eigenvalue weighted by molar-refractivity contribution is -0.143. The minimum absolute atomic E-state index is 0.0617. The van der Waals surface area contributed by atoms with Gasteiger partial charge >= 0.3 is 11.9 Å². The van der Waals surface area contributed by atoms with Crippen LogP contribution in [0, 0.1) is 11.8 Å². The summed E-state index contributed by atoms with van der Waals surface area (Å²) in [6.45, 7) is 7.10. The number of primary amides is 1. The van der Waals surface area contributed by atoms with Crippen LogP contribution in [0.1, 0.15) is 58.9 Å². The number of nitrogens with one attached hydrogen (secondary N) is 4. The largest absolute Gasteiger partial charge is 0.508 e. The Kier molecular flexibility index (Phi) is 15.5. The van der Waals surface area contributed by atoms with E-state index in [4.69, 9.17) is 16.6 Å². The van der Waals surface area contributed by atoms with Crippen LogP contribution in [0.2, 0.25) is 0 Å². The Morgan fingerprint density at radius 3 is 1.60 bits per heavy atom. The lowest BCUT2D eigenvalue weighted by atomic mass is 10.00. The number of aromatic hydroxyl groups is 1. The first kappa shape index (κ1) is 38.3. The highest BCUT2D eigenvalue weighted by molar-refractivity contribution is 5.97. The van der Waals surface area contributed by atoms with Gasteiger partial charge in [0.1, 0.15) is 29.9 Å². The summed E-state index contributed by atoms with van der Waals surface area (Å²) in [4.78, 5) is 87.0. The Hall–Kier alpha value is -4.73. The number of carboxylic acid groups (broad SMARTS) is 2. The van der Waals surface area contributed by atoms with Crippen molar-refractivity contribution in [3.8, 4) is 5.75 Å². The van der Waals surface area contributed by atoms with E-state index in [1.165, 1.54) is 24.3 Å². The molecule has 0 aromatic heterocycles. The molecule has 0 aliphatic rings. The number of nitrogens with two attached hydrogens (primary N) is 2. The second-order valence-corrected chi connectivity index (χ2v) is 11.6. The van der Waals surface area contributed by atoms with Gasteiger partial charge in [-0.1, -0.05) is 39.8 Å². The number of amides is 5. The number of carboxylic acids is 2. The fraction of sp³-hybridized carbons (Fsp3) is 0.552. The summed E-state index contributed by atoms with van der Waals surface area (Å²) >= 11 is 0. The third-order valence-corrected chi connectivity index (χ3v) is 6.44. The number of carbonyl (C=O) groups is 7. The van der Waals surface area contributed by atoms with Gasteiger partial charge in [-0.15, -0.1) is 0 Å². The first-order chi connectivity index (χ1) is 20.9. The highest BCUT2D eigenvalue weighted by Gasteiger charge is 2.33. The maximum Gasteiger partial charge on any atom is 0.326 e. The van der Waals surface area contributed by atoms with Crippen molar-refractivity contribution >= 4 is 41.5 Å². The molecule has 0 spiro atoms. The molecule has 5 amide bonds. The normalized spacial score (nSPS) is 14.4. The summed E-state index contributed by atoms with van der Waals surface area (Å²) in [5.74, 6) is -7.55. The van der Waals surface area contributed by atoms with Gasteiger partial charge in [0, 0.05) is 6.42 Å². The number of phenols is 1. The molecule has 1 rings (SSSR count). The Labute approximate surface area is 260 Å². The number of phenolic OH excluding ortho intramolecular Hbond substituents is 1. The zero-order valence-corrected chi connectivity index (χ0v) is 25.7. The Balaban J connectivity index is 3.26. The lowest BCUT2D eigenvalue weighted by Gasteiger charge is -2.27. The first-order valence-electron chi connectivity index (χ1n) is 14.4. The monoisotopic (exact) mass is 636 g/mol. The average Bonchev–Trinajstić information content (AvgIpc) is 2.91. The van der Waals surface area contributed by atoms with Crippen LogP contribution in [-0.4, -0.2) is 87.0 Å². The molecule has 5 atom stereocenters. The Morgan fingerprint density at radius 2 is 1.11 bits per heavy atom. The number of carbonyl (C=O) groups excluding carboxylic acids is 5. The van der Waals surface area contributed by atoms with Crippen LogP contribution >= 0.6 is 0 Å². The summed E-state index contributed by atoms with van der Waals surface area (Å²) < 4.78 is 0. The molecule has 11 N–H and O–H groups in total. The maximum atomic E-state index is 13.4. The topological polar surface area (TPSA) is 280 Å². The molecule has 16 heteroatoms. The number of hydrogen-bond acceptors (Lipinski definition) is 9. The number of benzene rings is 1. The zero-order chi connectivity index (χ0) is 34.4. The molecule has 0 aliphatic carbocycles. The molecule has 0 radical (unpaired) electrons. The van der Waals surface area contributed by atoms with Crippen LogP contribution in [0.25, 0.3) is 0 Å². The second-order valence-electron chi connectivity index (χ2n) is 11.6. The van der Waals surface area contributed by atoms with Gasteiger partial charge < -0.3 is 48.1 Å². The van der Waals surface area contributed by atoms with Crippen LogP contribution in [0.3, 0.4) is 0 Å². The Bertz CT molecular complexity index is 1220. The molecule has 0 aliphatic heterocycles. The van der Waals surface area contributed by atoms with Crippen molar-refractivity contribution < 1.29 is 48.9 Å². The fourth-order valence-corrected chi connectivity index (χ4v) is 4.26. The van der Waals surface area contributed by atoms with Crippen LogP contribution in [-0.2, 0) is 40.0 Å². The third kappa shape index (κ3) is 14.5. The molecule has 16 nitrogen and oxygen atoms in total. The molecule has 0 fully saturated rings. The van der Waals surface area contributed by atoms with Crippen molar-refractivity contribution in [2.24, 2.45) is 23.3 Å². The van der Waals surface area contributed by atoms with Gasteiger partial charge in [0.15, 0.2) is 0 Å². The molecular weight excluding hydrogens is 592 g/mol. The van der Waals surface area contributed by atoms with Gasteiger partial charge in [0.05, 0.1) is 18.9 Å². The van der Waals surface area contributed by atoms with E-state index in [1.54, 1.807) is 27.7 Å². The first-order valence-corrected chi connectivity index (χ1v) is 14.4. The molecule has 45 heavy (non-hydrogen) atoms. The van der Waals surface area contributed by atoms with Crippen LogP contribution in [0.5, 0.6) is 5.75 Å². The van der Waals surface area contributed by atoms with E-state index in [2.05, 4.69) is 21.3 Å². The van der Waals surface area contributed by atoms with Gasteiger partial charge in [-0.3, -0.25) is 28.8 Å². The van der Waals surface area contributed by atoms with E-state index in [1.807, 2.05) is 0 Å². The van der Waals surface area contributed by atoms with Gasteiger partial charge in [0.2, 0.25) is 29.5 Å². The fourth-order valence-electron chi connectivity index (χ4n) is 4.26. The quantitative estimate of drug-likeness (QED) is 0.0863. The van der Waals surface area contributed by atoms with Crippen molar-refractivity contribution in [3.05, 3.63) is 29.8 Å². The molecule has 0 unspecified atom stereocenters. The van der Waals surface area contributed by atoms with Crippen molar-refractivity contribution in [1.29, 1.82) is 0 Å². The van der Waals surface area contributed by atoms with E-state index in [9.17, 15) is 43.8 Å². The molecule has 0 bridgehead atoms. The third-order valence-electron chi connectivity index (χ3n) is 6.44. The summed E-state index contributed by atoms with van der Waals surface area (Å²) in [7, 11) is 0. The molecule has 0 saturated heterocycles. The van der Waals surface area contributed by atoms with Crippen molar-refractivity contribution in [2.45, 2.75) is 90.0 Å². The lowest BCUT2D eigenvalue weighted by Crippen LogP contribution is -2.59. The molecule has 1 aromatic rings. The molecular formula is C29H44N6O10. The highest BCUT2D eigenvalue weighted by Crippen LogP contribution is 2.13. The summed E-state index contributed by atoms with van der Waals surface area (Å²) in [6.07, 6.45) is -1.40. The average molecular weight is 637 g/mol. The number of hydrogen-bond donors (Lipinski definition) is 9. The van der Waals surface area contributed by atoms with E-state index < -0.39 is 84.5 Å². The Morgan fingerprint density at radius 1 is 0.667 bits per heavy atom. The van der Waals surface area contributed by atoms with E-state index in [0.29, 0.717) is 5.56 Å². The zero-order valence-electron chi connectivity index (χ0n) is 25.7. The van der Waals surface area contributed by atoms with Crippen LogP contribution < -0.4 is 32.7 Å². The van der Waals surface area contributed by atoms with Gasteiger partial charge in [-0.25, -0.2) is 4.79 Å². The summed E-state index contributed by atoms with van der Waals surface area (Å²) in [5, 5.41) is 37.7. The predicted octanol–water partition coefficient (Wildman–Crippen LogP) is -1.27. The van der Waals surface area contributed by atoms with Gasteiger partial charge in [-0.05, 0) is 42.4 Å². The van der Waals surface area contributed by atoms with Crippen LogP contribution in [0.4, 0.5) is 0 Å². The van der Waals surface area contributed by atoms with Crippen molar-refractivity contribution in [2.75, 3.05) is 0 Å². The predicted molar refractivity (Wildman–Crippen MR) is 160 cm³/mol. The van der Waals surface area contributed by atoms with Crippen molar-refractivity contribution in [3.63, 3.8) is 0 Å². The van der Waals surface area contributed by atoms with E-state index in [-0.39, 0.29) is 36.8 Å². The minimum atomic E-state index is -1.62. The van der Waals surface area contributed by atoms with E-state index >= 15 is 0 Å². The molecule has 250 valence electrons. The molecule has 0 heterocycles. The molecule has 1 aromatic carbocycles. The number of rotatable bonds is 19. The second kappa shape index (κ2) is 18.2. The van der Waals surface area contributed by atoms with E-state index in [0.717, 1.165) is 0 Å². The summed E-state index contributed by atoms with van der Waals surface area (Å²) in [5.41, 5.74) is 11.4. The van der Waals surface area contributed by atoms with Crippen LogP contribution in [0.15, 0.2) is 24.3 Å². The summed E-state index contributed by atoms with van der Waals surface area (Å²) in [6, 6.07) is -1.41. The minimum Gasteiger partial charge on any atom is -0.508 e. The SMILES string of the molecule is CC(C)C[C@H](NC(=O)[C@H](CC(C)C)NC(=O)[C@H](CC(N)=O)NC(=O)[C@H](Cc1ccc(O)cc1)NC(=O)[C@@H](N)CC(=O)O)C(=O)O.